The molecule has 5 aromatic rings. The number of hydrogen-bond acceptors (Lipinski definition) is 12. The van der Waals surface area contributed by atoms with Gasteiger partial charge < -0.3 is 34.7 Å². The fraction of sp³-hybridized carbons (Fsp3) is 0.286. The van der Waals surface area contributed by atoms with E-state index in [9.17, 15) is 19.1 Å². The zero-order valence-corrected chi connectivity index (χ0v) is 29.7. The number of alkyl halides is 1. The molecule has 1 fully saturated rings. The Balaban J connectivity index is 1.12. The van der Waals surface area contributed by atoms with Crippen LogP contribution in [0.25, 0.3) is 11.2 Å². The maximum atomic E-state index is 15.7. The lowest BCUT2D eigenvalue weighted by Gasteiger charge is -2.23. The van der Waals surface area contributed by atoms with Crippen molar-refractivity contribution < 1.29 is 42.0 Å². The number of halogens is 3. The molecule has 0 radical (unpaired) electrons. The van der Waals surface area contributed by atoms with Crippen molar-refractivity contribution in [3.63, 3.8) is 0 Å². The summed E-state index contributed by atoms with van der Waals surface area (Å²) in [6.45, 7) is 1.32. The van der Waals surface area contributed by atoms with Gasteiger partial charge in [-0.3, -0.25) is 14.2 Å². The Kier molecular flexibility index (Phi) is 12.5. The molecule has 7 atom stereocenters. The molecule has 0 bridgehead atoms. The van der Waals surface area contributed by atoms with Crippen molar-refractivity contribution in [2.75, 3.05) is 11.9 Å². The van der Waals surface area contributed by atoms with Gasteiger partial charge in [-0.25, -0.2) is 18.9 Å². The predicted octanol–water partition coefficient (Wildman–Crippen LogP) is 4.77. The average Bonchev–Trinajstić information content (AvgIpc) is 3.70. The fourth-order valence-electron chi connectivity index (χ4n) is 5.28. The minimum Gasteiger partial charge on any atom is -0.460 e. The number of rotatable bonds is 15. The van der Waals surface area contributed by atoms with Gasteiger partial charge in [-0.1, -0.05) is 60.7 Å². The molecule has 278 valence electrons. The van der Waals surface area contributed by atoms with Crippen LogP contribution in [0.2, 0.25) is 5.28 Å². The van der Waals surface area contributed by atoms with Crippen LogP contribution in [-0.2, 0) is 36.6 Å². The van der Waals surface area contributed by atoms with Crippen molar-refractivity contribution in [2.24, 2.45) is 5.73 Å². The van der Waals surface area contributed by atoms with Crippen LogP contribution in [0.5, 0.6) is 5.75 Å². The van der Waals surface area contributed by atoms with Crippen LogP contribution in [0, 0.1) is 5.82 Å². The first-order chi connectivity index (χ1) is 25.5. The first-order valence-electron chi connectivity index (χ1n) is 16.4. The number of amides is 1. The van der Waals surface area contributed by atoms with E-state index in [1.54, 1.807) is 37.3 Å². The van der Waals surface area contributed by atoms with Crippen LogP contribution in [-0.4, -0.2) is 73.6 Å². The summed E-state index contributed by atoms with van der Waals surface area (Å²) in [6.07, 6.45) is -4.93. The molecule has 5 N–H and O–H groups in total. The predicted molar refractivity (Wildman–Crippen MR) is 191 cm³/mol. The molecule has 6 rings (SSSR count). The Hall–Kier alpha value is -4.67. The lowest BCUT2D eigenvalue weighted by atomic mass is 10.1. The van der Waals surface area contributed by atoms with Gasteiger partial charge in [0.25, 0.3) is 0 Å². The molecule has 3 aromatic carbocycles. The standard InChI is InChI=1S/C35H35ClF2N7O7P/c1-20(34(48)49-17-22-8-4-2-5-9-22)44-53(52-24-10-6-3-7-11-24)50-18-26-29(46)27(38)33(51-26)45-19-40-28-30(42-35(36)43-31(28)45)41-32(47)25(39)16-21-12-14-23(37)15-13-21/h2-15,19-20,25-27,29,33,44,46H,16-18,39H2,1H3,(H,41,42,43,47)/t20?,25?,26?,27-,29?,33?,53?/m1/s1. The fourth-order valence-corrected chi connectivity index (χ4v) is 6.64. The number of nitrogens with zero attached hydrogens (tertiary/aromatic N) is 4. The second kappa shape index (κ2) is 17.4. The number of aliphatic hydroxyl groups excluding tert-OH is 1. The number of ether oxygens (including phenoxy) is 2. The summed E-state index contributed by atoms with van der Waals surface area (Å²) in [5.74, 6) is -1.25. The Bertz CT molecular complexity index is 2000. The molecule has 2 aromatic heterocycles. The molecule has 14 nitrogen and oxygen atoms in total. The van der Waals surface area contributed by atoms with Crippen LogP contribution in [0.1, 0.15) is 24.3 Å². The van der Waals surface area contributed by atoms with E-state index in [0.29, 0.717) is 11.3 Å². The second-order valence-corrected chi connectivity index (χ2v) is 13.5. The van der Waals surface area contributed by atoms with Gasteiger partial charge in [0.05, 0.1) is 19.0 Å². The Morgan fingerprint density at radius 1 is 1.06 bits per heavy atom. The highest BCUT2D eigenvalue weighted by molar-refractivity contribution is 7.45. The van der Waals surface area contributed by atoms with Gasteiger partial charge in [0.15, 0.2) is 29.4 Å². The van der Waals surface area contributed by atoms with E-state index in [-0.39, 0.29) is 41.9 Å². The van der Waals surface area contributed by atoms with Crippen LogP contribution in [0.4, 0.5) is 14.6 Å². The lowest BCUT2D eigenvalue weighted by Crippen LogP contribution is -2.37. The lowest BCUT2D eigenvalue weighted by molar-refractivity contribution is -0.146. The maximum Gasteiger partial charge on any atom is 0.323 e. The van der Waals surface area contributed by atoms with E-state index in [4.69, 9.17) is 35.9 Å². The number of benzene rings is 3. The highest BCUT2D eigenvalue weighted by atomic mass is 35.5. The quantitative estimate of drug-likeness (QED) is 0.0651. The van der Waals surface area contributed by atoms with Gasteiger partial charge in [0, 0.05) is 0 Å². The summed E-state index contributed by atoms with van der Waals surface area (Å²) in [5, 5.41) is 16.1. The number of nitrogens with two attached hydrogens (primary N) is 1. The number of aliphatic hydroxyl groups is 1. The van der Waals surface area contributed by atoms with E-state index in [0.717, 1.165) is 5.56 Å². The maximum absolute atomic E-state index is 15.7. The highest BCUT2D eigenvalue weighted by Gasteiger charge is 2.46. The molecule has 0 aliphatic carbocycles. The van der Waals surface area contributed by atoms with Gasteiger partial charge in [0.1, 0.15) is 36.4 Å². The van der Waals surface area contributed by atoms with E-state index >= 15 is 4.39 Å². The molecule has 1 aliphatic rings. The van der Waals surface area contributed by atoms with Crippen molar-refractivity contribution in [1.29, 1.82) is 0 Å². The van der Waals surface area contributed by atoms with E-state index in [1.807, 2.05) is 30.3 Å². The third-order valence-corrected chi connectivity index (χ3v) is 9.60. The normalized spacial score (nSPS) is 20.1. The van der Waals surface area contributed by atoms with Crippen molar-refractivity contribution >= 4 is 49.0 Å². The summed E-state index contributed by atoms with van der Waals surface area (Å²) in [4.78, 5) is 38.2. The third kappa shape index (κ3) is 9.66. The Labute approximate surface area is 308 Å². The average molecular weight is 770 g/mol. The molecule has 53 heavy (non-hydrogen) atoms. The number of hydrogen-bond donors (Lipinski definition) is 4. The number of carbonyl (C=O) groups is 2. The van der Waals surface area contributed by atoms with Crippen molar-refractivity contribution in [1.82, 2.24) is 24.6 Å². The van der Waals surface area contributed by atoms with Crippen LogP contribution >= 0.6 is 20.1 Å². The van der Waals surface area contributed by atoms with E-state index in [2.05, 4.69) is 25.4 Å². The zero-order valence-electron chi connectivity index (χ0n) is 28.1. The Morgan fingerprint density at radius 2 is 1.75 bits per heavy atom. The highest BCUT2D eigenvalue weighted by Crippen LogP contribution is 2.40. The number of esters is 1. The topological polar surface area (TPSA) is 185 Å². The Morgan fingerprint density at radius 3 is 2.47 bits per heavy atom. The number of para-hydroxylation sites is 1. The molecular formula is C35H35ClF2N7O7P. The van der Waals surface area contributed by atoms with Gasteiger partial charge in [0.2, 0.25) is 11.2 Å². The molecule has 1 aliphatic heterocycles. The van der Waals surface area contributed by atoms with Crippen LogP contribution in [0.15, 0.2) is 91.3 Å². The van der Waals surface area contributed by atoms with Crippen molar-refractivity contribution in [3.8, 4) is 5.75 Å². The summed E-state index contributed by atoms with van der Waals surface area (Å²) in [6, 6.07) is 21.6. The number of nitrogens with one attached hydrogen (secondary N) is 2. The molecule has 0 spiro atoms. The third-order valence-electron chi connectivity index (χ3n) is 8.07. The van der Waals surface area contributed by atoms with Crippen LogP contribution < -0.4 is 20.7 Å². The van der Waals surface area contributed by atoms with Gasteiger partial charge in [-0.15, -0.1) is 0 Å². The van der Waals surface area contributed by atoms with E-state index in [1.165, 1.54) is 35.2 Å². The number of carbonyl (C=O) groups excluding carboxylic acids is 2. The number of fused-ring (bicyclic) bond motifs is 1. The molecule has 1 saturated heterocycles. The monoisotopic (exact) mass is 769 g/mol. The van der Waals surface area contributed by atoms with E-state index < -0.39 is 62.9 Å². The summed E-state index contributed by atoms with van der Waals surface area (Å²) < 4.78 is 53.5. The molecule has 3 heterocycles. The van der Waals surface area contributed by atoms with Crippen molar-refractivity contribution in [3.05, 3.63) is 113 Å². The van der Waals surface area contributed by atoms with Crippen LogP contribution in [0.3, 0.4) is 0 Å². The number of imidazole rings is 1. The van der Waals surface area contributed by atoms with Gasteiger partial charge >= 0.3 is 14.5 Å². The van der Waals surface area contributed by atoms with Gasteiger partial charge in [-0.05, 0) is 60.3 Å². The minimum absolute atomic E-state index is 0.00740. The second-order valence-electron chi connectivity index (χ2n) is 12.0. The minimum atomic E-state index is -2.04. The summed E-state index contributed by atoms with van der Waals surface area (Å²) in [7, 11) is -2.04. The zero-order chi connectivity index (χ0) is 37.5. The smallest absolute Gasteiger partial charge is 0.323 e. The molecule has 18 heteroatoms. The molecule has 6 unspecified atom stereocenters. The SMILES string of the molecule is CC(NP(OCC1OC(n2cnc3c(NC(=O)C(N)Cc4ccc(F)cc4)nc(Cl)nc32)[C@H](F)C1O)Oc1ccccc1)C(=O)OCc1ccccc1. The first kappa shape index (κ1) is 38.1. The molecular weight excluding hydrogens is 735 g/mol. The van der Waals surface area contributed by atoms with Crippen molar-refractivity contribution in [2.45, 2.75) is 56.6 Å². The first-order valence-corrected chi connectivity index (χ1v) is 17.9. The summed E-state index contributed by atoms with van der Waals surface area (Å²) >= 11 is 6.19. The largest absolute Gasteiger partial charge is 0.460 e. The number of aromatic nitrogens is 4. The summed E-state index contributed by atoms with van der Waals surface area (Å²) in [5.41, 5.74) is 7.61. The molecule has 0 saturated carbocycles. The number of anilines is 1. The van der Waals surface area contributed by atoms with Gasteiger partial charge in [-0.2, -0.15) is 9.97 Å². The molecule has 1 amide bonds.